The lowest BCUT2D eigenvalue weighted by Gasteiger charge is -2.26. The van der Waals surface area contributed by atoms with Crippen LogP contribution in [-0.2, 0) is 0 Å². The minimum Gasteiger partial charge on any atom is -0.400 e. The van der Waals surface area contributed by atoms with Crippen LogP contribution in [0.3, 0.4) is 0 Å². The fraction of sp³-hybridized carbons (Fsp3) is 0.455. The van der Waals surface area contributed by atoms with Gasteiger partial charge in [-0.15, -0.1) is 0 Å². The van der Waals surface area contributed by atoms with Gasteiger partial charge >= 0.3 is 0 Å². The third-order valence-electron chi connectivity index (χ3n) is 5.56. The van der Waals surface area contributed by atoms with Crippen molar-refractivity contribution in [3.8, 4) is 11.1 Å². The van der Waals surface area contributed by atoms with Crippen molar-refractivity contribution in [3.63, 3.8) is 0 Å². The normalized spacial score (nSPS) is 14.3. The van der Waals surface area contributed by atoms with Crippen molar-refractivity contribution < 1.29 is 5.11 Å². The zero-order chi connectivity index (χ0) is 21.8. The Balaban J connectivity index is 0.00000124. The number of aliphatic hydroxyl groups is 1. The largest absolute Gasteiger partial charge is 0.400 e. The quantitative estimate of drug-likeness (QED) is 0.683. The van der Waals surface area contributed by atoms with Crippen LogP contribution >= 0.6 is 0 Å². The summed E-state index contributed by atoms with van der Waals surface area (Å²) in [5.41, 5.74) is 8.75. The summed E-state index contributed by atoms with van der Waals surface area (Å²) in [5, 5.41) is 7.87. The lowest BCUT2D eigenvalue weighted by Crippen LogP contribution is -2.29. The molecule has 3 heterocycles. The molecule has 1 aliphatic rings. The number of nitrogens with zero attached hydrogens (tertiary/aromatic N) is 5. The molecule has 30 heavy (non-hydrogen) atoms. The summed E-state index contributed by atoms with van der Waals surface area (Å²) in [5.74, 6) is 1.06. The van der Waals surface area contributed by atoms with E-state index in [9.17, 15) is 4.79 Å². The molecule has 0 radical (unpaired) electrons. The summed E-state index contributed by atoms with van der Waals surface area (Å²) >= 11 is 0. The van der Waals surface area contributed by atoms with Crippen LogP contribution in [0, 0.1) is 6.92 Å². The van der Waals surface area contributed by atoms with E-state index in [0.29, 0.717) is 11.2 Å². The Morgan fingerprint density at radius 1 is 1.13 bits per heavy atom. The van der Waals surface area contributed by atoms with E-state index >= 15 is 0 Å². The Bertz CT molecular complexity index is 1070. The maximum absolute atomic E-state index is 13.5. The fourth-order valence-corrected chi connectivity index (χ4v) is 4.07. The first kappa shape index (κ1) is 21.7. The average Bonchev–Trinajstić information content (AvgIpc) is 2.75. The molecule has 3 aromatic rings. The first-order valence-corrected chi connectivity index (χ1v) is 10.2. The highest BCUT2D eigenvalue weighted by atomic mass is 16.2. The molecule has 1 aliphatic carbocycles. The Hall–Kier alpha value is -3.00. The summed E-state index contributed by atoms with van der Waals surface area (Å²) in [6.45, 7) is 1.91. The van der Waals surface area contributed by atoms with E-state index in [-0.39, 0.29) is 17.5 Å². The van der Waals surface area contributed by atoms with Crippen molar-refractivity contribution in [3.05, 3.63) is 40.4 Å². The molecule has 3 N–H and O–H groups in total. The number of fused-ring (bicyclic) bond motifs is 1. The molecule has 0 spiro atoms. The number of nitrogens with two attached hydrogens (primary N) is 1. The van der Waals surface area contributed by atoms with Crippen molar-refractivity contribution in [2.45, 2.75) is 45.1 Å². The molecule has 0 atom stereocenters. The van der Waals surface area contributed by atoms with Gasteiger partial charge in [-0.3, -0.25) is 9.36 Å². The van der Waals surface area contributed by atoms with E-state index in [1.807, 2.05) is 48.7 Å². The Morgan fingerprint density at radius 3 is 2.43 bits per heavy atom. The van der Waals surface area contributed by atoms with E-state index in [0.717, 1.165) is 55.3 Å². The maximum Gasteiger partial charge on any atom is 0.260 e. The summed E-state index contributed by atoms with van der Waals surface area (Å²) in [6.07, 6.45) is 7.20. The lowest BCUT2D eigenvalue weighted by atomic mass is 9.94. The van der Waals surface area contributed by atoms with Crippen LogP contribution in [0.15, 0.2) is 29.2 Å². The minimum atomic E-state index is -0.0312. The Kier molecular flexibility index (Phi) is 6.66. The van der Waals surface area contributed by atoms with Crippen LogP contribution in [0.4, 0.5) is 11.8 Å². The molecule has 8 nitrogen and oxygen atoms in total. The van der Waals surface area contributed by atoms with Gasteiger partial charge < -0.3 is 15.7 Å². The van der Waals surface area contributed by atoms with Gasteiger partial charge in [0.05, 0.1) is 5.69 Å². The summed E-state index contributed by atoms with van der Waals surface area (Å²) in [6, 6.07) is 5.91. The highest BCUT2D eigenvalue weighted by Gasteiger charge is 2.23. The number of nitrogen functional groups attached to an aromatic ring is 1. The fourth-order valence-electron chi connectivity index (χ4n) is 4.07. The number of aliphatic hydroxyl groups excluding tert-OH is 1. The number of rotatable bonds is 3. The van der Waals surface area contributed by atoms with E-state index in [1.165, 1.54) is 6.42 Å². The van der Waals surface area contributed by atoms with Gasteiger partial charge in [0, 0.05) is 50.0 Å². The van der Waals surface area contributed by atoms with Gasteiger partial charge in [0.1, 0.15) is 11.5 Å². The molecule has 160 valence electrons. The van der Waals surface area contributed by atoms with Crippen molar-refractivity contribution in [1.82, 2.24) is 19.5 Å². The molecule has 0 saturated heterocycles. The van der Waals surface area contributed by atoms with E-state index in [2.05, 4.69) is 15.0 Å². The van der Waals surface area contributed by atoms with Gasteiger partial charge in [-0.1, -0.05) is 19.3 Å². The first-order valence-electron chi connectivity index (χ1n) is 10.2. The van der Waals surface area contributed by atoms with Gasteiger partial charge in [-0.05, 0) is 38.0 Å². The molecule has 3 aromatic heterocycles. The molecule has 1 fully saturated rings. The van der Waals surface area contributed by atoms with Crippen molar-refractivity contribution in [2.24, 2.45) is 0 Å². The summed E-state index contributed by atoms with van der Waals surface area (Å²) in [4.78, 5) is 28.7. The van der Waals surface area contributed by atoms with Gasteiger partial charge in [0.2, 0.25) is 5.95 Å². The number of anilines is 2. The van der Waals surface area contributed by atoms with Gasteiger partial charge in [0.15, 0.2) is 0 Å². The standard InChI is InChI=1S/C21H26N6O.CH4O/c1-13-16-11-17(14-9-10-18(23-12-14)26(2)3)20(28)27(15-7-5-4-6-8-15)19(16)25-21(22)24-13;1-2/h9-12,15H,4-8H2,1-3H3,(H2,22,24,25);2H,1H3. The van der Waals surface area contributed by atoms with E-state index in [4.69, 9.17) is 10.8 Å². The SMILES string of the molecule is CO.Cc1nc(N)nc2c1cc(-c1ccc(N(C)C)nc1)c(=O)n2C1CCCCC1. The molecule has 0 amide bonds. The van der Waals surface area contributed by atoms with Crippen LogP contribution in [0.25, 0.3) is 22.2 Å². The Morgan fingerprint density at radius 2 is 1.83 bits per heavy atom. The van der Waals surface area contributed by atoms with Gasteiger partial charge in [-0.25, -0.2) is 9.97 Å². The predicted molar refractivity (Wildman–Crippen MR) is 121 cm³/mol. The summed E-state index contributed by atoms with van der Waals surface area (Å²) < 4.78 is 1.86. The second-order valence-electron chi connectivity index (χ2n) is 7.73. The zero-order valence-corrected chi connectivity index (χ0v) is 18.1. The van der Waals surface area contributed by atoms with Crippen LogP contribution < -0.4 is 16.2 Å². The van der Waals surface area contributed by atoms with Crippen LogP contribution in [0.2, 0.25) is 0 Å². The molecule has 0 bridgehead atoms. The second kappa shape index (κ2) is 9.21. The monoisotopic (exact) mass is 410 g/mol. The smallest absolute Gasteiger partial charge is 0.260 e. The third kappa shape index (κ3) is 4.14. The van der Waals surface area contributed by atoms with Crippen LogP contribution in [0.1, 0.15) is 43.8 Å². The maximum atomic E-state index is 13.5. The average molecular weight is 411 g/mol. The molecule has 0 aromatic carbocycles. The van der Waals surface area contributed by atoms with Crippen molar-refractivity contribution >= 4 is 22.8 Å². The van der Waals surface area contributed by atoms with Crippen molar-refractivity contribution in [1.29, 1.82) is 0 Å². The zero-order valence-electron chi connectivity index (χ0n) is 18.1. The third-order valence-corrected chi connectivity index (χ3v) is 5.56. The molecular weight excluding hydrogens is 380 g/mol. The highest BCUT2D eigenvalue weighted by molar-refractivity contribution is 5.84. The van der Waals surface area contributed by atoms with Crippen LogP contribution in [0.5, 0.6) is 0 Å². The van der Waals surface area contributed by atoms with E-state index < -0.39 is 0 Å². The summed E-state index contributed by atoms with van der Waals surface area (Å²) in [7, 11) is 4.89. The molecule has 8 heteroatoms. The molecular formula is C22H30N6O2. The predicted octanol–water partition coefficient (Wildman–Crippen LogP) is 2.92. The number of hydrogen-bond donors (Lipinski definition) is 2. The van der Waals surface area contributed by atoms with Crippen molar-refractivity contribution in [2.75, 3.05) is 31.8 Å². The number of pyridine rings is 2. The highest BCUT2D eigenvalue weighted by Crippen LogP contribution is 2.31. The van der Waals surface area contributed by atoms with Crippen LogP contribution in [-0.4, -0.2) is 45.8 Å². The minimum absolute atomic E-state index is 0.0312. The second-order valence-corrected chi connectivity index (χ2v) is 7.73. The first-order chi connectivity index (χ1) is 14.5. The molecule has 1 saturated carbocycles. The molecule has 0 aliphatic heterocycles. The topological polar surface area (TPSA) is 110 Å². The van der Waals surface area contributed by atoms with Gasteiger partial charge in [-0.2, -0.15) is 4.98 Å². The van der Waals surface area contributed by atoms with E-state index in [1.54, 1.807) is 6.20 Å². The number of hydrogen-bond acceptors (Lipinski definition) is 7. The van der Waals surface area contributed by atoms with Gasteiger partial charge in [0.25, 0.3) is 5.56 Å². The molecule has 0 unspecified atom stereocenters. The number of aryl methyl sites for hydroxylation is 1. The molecule has 4 rings (SSSR count). The number of aromatic nitrogens is 4. The lowest BCUT2D eigenvalue weighted by molar-refractivity contribution is 0.353. The Labute approximate surface area is 176 Å².